The van der Waals surface area contributed by atoms with Crippen LogP contribution in [0.3, 0.4) is 0 Å². The Kier molecular flexibility index (Phi) is 5.07. The van der Waals surface area contributed by atoms with Crippen molar-refractivity contribution in [1.29, 1.82) is 0 Å². The number of methoxy groups -OCH3 is 1. The topological polar surface area (TPSA) is 54.6 Å². The van der Waals surface area contributed by atoms with E-state index in [1.807, 2.05) is 0 Å². The molecule has 0 bridgehead atoms. The van der Waals surface area contributed by atoms with Crippen molar-refractivity contribution in [2.24, 2.45) is 0 Å². The van der Waals surface area contributed by atoms with Crippen LogP contribution >= 0.6 is 0 Å². The average Bonchev–Trinajstić information content (AvgIpc) is 3.23. The lowest BCUT2D eigenvalue weighted by Gasteiger charge is -2.43. The SMILES string of the molecule is COCc1nc(CN2CCC3(CC2)CC(c2ccccc2)CN3C)no1. The van der Waals surface area contributed by atoms with Crippen molar-refractivity contribution >= 4 is 0 Å². The summed E-state index contributed by atoms with van der Waals surface area (Å²) in [5.41, 5.74) is 1.83. The highest BCUT2D eigenvalue weighted by Gasteiger charge is 2.45. The molecule has 2 aliphatic heterocycles. The Labute approximate surface area is 155 Å². The first-order valence-electron chi connectivity index (χ1n) is 9.47. The summed E-state index contributed by atoms with van der Waals surface area (Å²) in [5, 5.41) is 4.07. The fourth-order valence-electron chi connectivity index (χ4n) is 4.60. The summed E-state index contributed by atoms with van der Waals surface area (Å²) >= 11 is 0. The summed E-state index contributed by atoms with van der Waals surface area (Å²) in [6, 6.07) is 11.0. The average molecular weight is 356 g/mol. The Balaban J connectivity index is 1.35. The van der Waals surface area contributed by atoms with Crippen molar-refractivity contribution in [3.05, 3.63) is 47.6 Å². The van der Waals surface area contributed by atoms with Crippen molar-refractivity contribution in [2.75, 3.05) is 33.8 Å². The second-order valence-electron chi connectivity index (χ2n) is 7.73. The molecule has 2 aromatic rings. The highest BCUT2D eigenvalue weighted by Crippen LogP contribution is 2.44. The van der Waals surface area contributed by atoms with Crippen LogP contribution in [0.4, 0.5) is 0 Å². The Morgan fingerprint density at radius 1 is 1.23 bits per heavy atom. The minimum Gasteiger partial charge on any atom is -0.375 e. The van der Waals surface area contributed by atoms with E-state index in [9.17, 15) is 0 Å². The molecule has 1 spiro atoms. The predicted octanol–water partition coefficient (Wildman–Crippen LogP) is 2.67. The minimum atomic E-state index is 0.343. The molecule has 26 heavy (non-hydrogen) atoms. The van der Waals surface area contributed by atoms with Gasteiger partial charge < -0.3 is 9.26 Å². The number of aromatic nitrogens is 2. The van der Waals surface area contributed by atoms with Crippen LogP contribution < -0.4 is 0 Å². The van der Waals surface area contributed by atoms with Gasteiger partial charge in [0, 0.05) is 32.3 Å². The van der Waals surface area contributed by atoms with Crippen LogP contribution in [0.15, 0.2) is 34.9 Å². The van der Waals surface area contributed by atoms with E-state index < -0.39 is 0 Å². The van der Waals surface area contributed by atoms with E-state index in [1.165, 1.54) is 24.8 Å². The van der Waals surface area contributed by atoms with E-state index >= 15 is 0 Å². The normalized spacial score (nSPS) is 23.7. The maximum Gasteiger partial charge on any atom is 0.252 e. The van der Waals surface area contributed by atoms with Gasteiger partial charge in [0.2, 0.25) is 0 Å². The van der Waals surface area contributed by atoms with Crippen molar-refractivity contribution in [3.8, 4) is 0 Å². The zero-order valence-electron chi connectivity index (χ0n) is 15.7. The van der Waals surface area contributed by atoms with Crippen LogP contribution in [0.1, 0.15) is 42.5 Å². The van der Waals surface area contributed by atoms with Crippen molar-refractivity contribution in [2.45, 2.75) is 43.9 Å². The number of likely N-dealkylation sites (N-methyl/N-ethyl adjacent to an activating group) is 1. The lowest BCUT2D eigenvalue weighted by atomic mass is 9.81. The molecule has 0 saturated carbocycles. The van der Waals surface area contributed by atoms with Gasteiger partial charge in [-0.25, -0.2) is 0 Å². The Morgan fingerprint density at radius 3 is 2.73 bits per heavy atom. The third-order valence-electron chi connectivity index (χ3n) is 6.13. The molecule has 6 nitrogen and oxygen atoms in total. The summed E-state index contributed by atoms with van der Waals surface area (Å²) in [7, 11) is 3.93. The number of ether oxygens (including phenoxy) is 1. The summed E-state index contributed by atoms with van der Waals surface area (Å²) < 4.78 is 10.2. The fraction of sp³-hybridized carbons (Fsp3) is 0.600. The van der Waals surface area contributed by atoms with Crippen LogP contribution in [0.25, 0.3) is 0 Å². The molecule has 1 atom stereocenters. The standard InChI is InChI=1S/C20H28N4O2/c1-23-13-17(16-6-4-3-5-7-16)12-20(23)8-10-24(11-9-20)14-18-21-19(15-25-2)26-22-18/h3-7,17H,8-15H2,1-2H3. The molecule has 0 N–H and O–H groups in total. The molecule has 0 radical (unpaired) electrons. The van der Waals surface area contributed by atoms with Gasteiger partial charge in [-0.15, -0.1) is 0 Å². The molecule has 140 valence electrons. The molecule has 1 aromatic heterocycles. The molecular weight excluding hydrogens is 328 g/mol. The van der Waals surface area contributed by atoms with Crippen LogP contribution in [-0.2, 0) is 17.9 Å². The summed E-state index contributed by atoms with van der Waals surface area (Å²) in [6.45, 7) is 4.46. The van der Waals surface area contributed by atoms with Crippen molar-refractivity contribution in [1.82, 2.24) is 19.9 Å². The van der Waals surface area contributed by atoms with Crippen molar-refractivity contribution in [3.63, 3.8) is 0 Å². The lowest BCUT2D eigenvalue weighted by Crippen LogP contribution is -2.50. The second-order valence-corrected chi connectivity index (χ2v) is 7.73. The molecule has 1 unspecified atom stereocenters. The second kappa shape index (κ2) is 7.47. The molecule has 0 amide bonds. The van der Waals surface area contributed by atoms with Gasteiger partial charge >= 0.3 is 0 Å². The van der Waals surface area contributed by atoms with Crippen LogP contribution in [0, 0.1) is 0 Å². The molecule has 2 fully saturated rings. The van der Waals surface area contributed by atoms with Crippen LogP contribution in [0.5, 0.6) is 0 Å². The zero-order chi connectivity index (χ0) is 18.0. The monoisotopic (exact) mass is 356 g/mol. The first-order chi connectivity index (χ1) is 12.7. The van der Waals surface area contributed by atoms with Gasteiger partial charge in [-0.05, 0) is 37.8 Å². The first kappa shape index (κ1) is 17.6. The molecule has 2 saturated heterocycles. The van der Waals surface area contributed by atoms with E-state index in [0.717, 1.165) is 32.0 Å². The molecule has 3 heterocycles. The van der Waals surface area contributed by atoms with Gasteiger partial charge in [0.05, 0.1) is 6.54 Å². The quantitative estimate of drug-likeness (QED) is 0.821. The van der Waals surface area contributed by atoms with E-state index in [1.54, 1.807) is 7.11 Å². The van der Waals surface area contributed by atoms with E-state index in [4.69, 9.17) is 9.26 Å². The number of piperidine rings is 1. The van der Waals surface area contributed by atoms with Crippen LogP contribution in [0.2, 0.25) is 0 Å². The maximum atomic E-state index is 5.20. The van der Waals surface area contributed by atoms with Gasteiger partial charge in [-0.2, -0.15) is 4.98 Å². The molecular formula is C20H28N4O2. The van der Waals surface area contributed by atoms with E-state index in [-0.39, 0.29) is 0 Å². The highest BCUT2D eigenvalue weighted by atomic mass is 16.5. The Bertz CT molecular complexity index is 710. The number of rotatable bonds is 5. The third kappa shape index (κ3) is 3.54. The summed E-state index contributed by atoms with van der Waals surface area (Å²) in [5.74, 6) is 1.97. The lowest BCUT2D eigenvalue weighted by molar-refractivity contribution is 0.0657. The van der Waals surface area contributed by atoms with Gasteiger partial charge in [-0.3, -0.25) is 9.80 Å². The number of hydrogen-bond acceptors (Lipinski definition) is 6. The van der Waals surface area contributed by atoms with Crippen LogP contribution in [-0.4, -0.2) is 59.3 Å². The minimum absolute atomic E-state index is 0.343. The largest absolute Gasteiger partial charge is 0.375 e. The molecule has 4 rings (SSSR count). The molecule has 6 heteroatoms. The zero-order valence-corrected chi connectivity index (χ0v) is 15.7. The van der Waals surface area contributed by atoms with Gasteiger partial charge in [0.1, 0.15) is 6.61 Å². The summed E-state index contributed by atoms with van der Waals surface area (Å²) in [4.78, 5) is 9.44. The van der Waals surface area contributed by atoms with E-state index in [2.05, 4.69) is 57.3 Å². The molecule has 0 aliphatic carbocycles. The number of hydrogen-bond donors (Lipinski definition) is 0. The number of likely N-dealkylation sites (tertiary alicyclic amines) is 2. The number of nitrogens with zero attached hydrogens (tertiary/aromatic N) is 4. The first-order valence-corrected chi connectivity index (χ1v) is 9.47. The van der Waals surface area contributed by atoms with Gasteiger partial charge in [0.25, 0.3) is 5.89 Å². The summed E-state index contributed by atoms with van der Waals surface area (Å²) in [6.07, 6.45) is 3.67. The fourth-order valence-corrected chi connectivity index (χ4v) is 4.60. The third-order valence-corrected chi connectivity index (χ3v) is 6.13. The molecule has 2 aliphatic rings. The maximum absolute atomic E-state index is 5.20. The Morgan fingerprint density at radius 2 is 2.00 bits per heavy atom. The smallest absolute Gasteiger partial charge is 0.252 e. The Hall–Kier alpha value is -1.76. The highest BCUT2D eigenvalue weighted by molar-refractivity contribution is 5.23. The van der Waals surface area contributed by atoms with Crippen molar-refractivity contribution < 1.29 is 9.26 Å². The van der Waals surface area contributed by atoms with Gasteiger partial charge in [-0.1, -0.05) is 35.5 Å². The number of benzene rings is 1. The van der Waals surface area contributed by atoms with Gasteiger partial charge in [0.15, 0.2) is 5.82 Å². The molecule has 1 aromatic carbocycles. The predicted molar refractivity (Wildman–Crippen MR) is 98.7 cm³/mol. The van der Waals surface area contributed by atoms with E-state index in [0.29, 0.717) is 24.0 Å².